The van der Waals surface area contributed by atoms with Gasteiger partial charge in [-0.3, -0.25) is 14.5 Å². The van der Waals surface area contributed by atoms with E-state index in [-0.39, 0.29) is 18.4 Å². The van der Waals surface area contributed by atoms with Gasteiger partial charge in [-0.15, -0.1) is 0 Å². The molecule has 0 aromatic heterocycles. The molecule has 0 unspecified atom stereocenters. The van der Waals surface area contributed by atoms with Crippen LogP contribution in [0.5, 0.6) is 5.75 Å². The summed E-state index contributed by atoms with van der Waals surface area (Å²) < 4.78 is 10.9. The summed E-state index contributed by atoms with van der Waals surface area (Å²) in [5, 5.41) is 0. The van der Waals surface area contributed by atoms with Crippen molar-refractivity contribution in [2.75, 3.05) is 39.8 Å². The molecule has 0 aliphatic carbocycles. The predicted molar refractivity (Wildman–Crippen MR) is 94.1 cm³/mol. The van der Waals surface area contributed by atoms with Crippen molar-refractivity contribution in [2.24, 2.45) is 5.73 Å². The molecular formula is C18H27N3O4. The molecule has 0 saturated carbocycles. The van der Waals surface area contributed by atoms with Crippen molar-refractivity contribution in [2.45, 2.75) is 26.1 Å². The largest absolute Gasteiger partial charge is 0.497 e. The van der Waals surface area contributed by atoms with Gasteiger partial charge in [-0.25, -0.2) is 0 Å². The van der Waals surface area contributed by atoms with Gasteiger partial charge in [-0.05, 0) is 31.0 Å². The third kappa shape index (κ3) is 6.03. The monoisotopic (exact) mass is 349 g/mol. The van der Waals surface area contributed by atoms with Gasteiger partial charge >= 0.3 is 0 Å². The molecule has 2 N–H and O–H groups in total. The number of hydrogen-bond acceptors (Lipinski definition) is 5. The Labute approximate surface area is 148 Å². The van der Waals surface area contributed by atoms with Gasteiger partial charge in [0.2, 0.25) is 5.91 Å². The fourth-order valence-corrected chi connectivity index (χ4v) is 2.88. The summed E-state index contributed by atoms with van der Waals surface area (Å²) in [5.41, 5.74) is 6.20. The minimum Gasteiger partial charge on any atom is -0.497 e. The molecule has 7 heteroatoms. The van der Waals surface area contributed by atoms with E-state index >= 15 is 0 Å². The van der Waals surface area contributed by atoms with E-state index in [2.05, 4.69) is 0 Å². The summed E-state index contributed by atoms with van der Waals surface area (Å²) in [5.74, 6) is 0.403. The van der Waals surface area contributed by atoms with E-state index in [9.17, 15) is 9.59 Å². The SMILES string of the molecule is COc1cccc(CO[C@H](C)C(=O)N2CCCN(CC(N)=O)CC2)c1. The minimum absolute atomic E-state index is 0.0242. The van der Waals surface area contributed by atoms with Gasteiger partial charge in [0.05, 0.1) is 20.3 Å². The first kappa shape index (κ1) is 19.2. The molecule has 138 valence electrons. The lowest BCUT2D eigenvalue weighted by molar-refractivity contribution is -0.143. The van der Waals surface area contributed by atoms with Gasteiger partial charge in [-0.2, -0.15) is 0 Å². The first-order valence-corrected chi connectivity index (χ1v) is 8.53. The maximum absolute atomic E-state index is 12.6. The molecule has 1 aliphatic heterocycles. The quantitative estimate of drug-likeness (QED) is 0.780. The van der Waals surface area contributed by atoms with Crippen molar-refractivity contribution in [1.29, 1.82) is 0 Å². The second-order valence-corrected chi connectivity index (χ2v) is 6.23. The number of carbonyl (C=O) groups excluding carboxylic acids is 2. The molecule has 1 fully saturated rings. The topological polar surface area (TPSA) is 85.1 Å². The lowest BCUT2D eigenvalue weighted by Crippen LogP contribution is -2.42. The van der Waals surface area contributed by atoms with Crippen LogP contribution in [0.3, 0.4) is 0 Å². The van der Waals surface area contributed by atoms with Gasteiger partial charge in [-0.1, -0.05) is 12.1 Å². The van der Waals surface area contributed by atoms with Crippen LogP contribution in [0.15, 0.2) is 24.3 Å². The third-order valence-corrected chi connectivity index (χ3v) is 4.26. The Hall–Kier alpha value is -2.12. The van der Waals surface area contributed by atoms with Crippen LogP contribution in [0.4, 0.5) is 0 Å². The smallest absolute Gasteiger partial charge is 0.251 e. The van der Waals surface area contributed by atoms with Crippen molar-refractivity contribution in [1.82, 2.24) is 9.80 Å². The Balaban J connectivity index is 1.83. The molecule has 0 bridgehead atoms. The standard InChI is InChI=1S/C18H27N3O4/c1-14(25-13-15-5-3-6-16(11-15)24-2)18(23)21-8-4-7-20(9-10-21)12-17(19)22/h3,5-6,11,14H,4,7-10,12-13H2,1-2H3,(H2,19,22)/t14-/m1/s1. The van der Waals surface area contributed by atoms with Crippen LogP contribution in [0.2, 0.25) is 0 Å². The number of benzene rings is 1. The zero-order valence-corrected chi connectivity index (χ0v) is 14.9. The second-order valence-electron chi connectivity index (χ2n) is 6.23. The summed E-state index contributed by atoms with van der Waals surface area (Å²) in [6, 6.07) is 7.59. The average molecular weight is 349 g/mol. The van der Waals surface area contributed by atoms with Crippen molar-refractivity contribution in [3.63, 3.8) is 0 Å². The van der Waals surface area contributed by atoms with E-state index in [1.807, 2.05) is 29.2 Å². The predicted octanol–water partition coefficient (Wildman–Crippen LogP) is 0.620. The highest BCUT2D eigenvalue weighted by Gasteiger charge is 2.24. The number of hydrogen-bond donors (Lipinski definition) is 1. The van der Waals surface area contributed by atoms with E-state index in [0.29, 0.717) is 26.2 Å². The number of nitrogens with zero attached hydrogens (tertiary/aromatic N) is 2. The summed E-state index contributed by atoms with van der Waals surface area (Å²) in [4.78, 5) is 27.4. The molecule has 1 atom stereocenters. The maximum Gasteiger partial charge on any atom is 0.251 e. The highest BCUT2D eigenvalue weighted by atomic mass is 16.5. The Bertz CT molecular complexity index is 593. The molecule has 7 nitrogen and oxygen atoms in total. The second kappa shape index (κ2) is 9.39. The number of primary amides is 1. The van der Waals surface area contributed by atoms with Crippen LogP contribution < -0.4 is 10.5 Å². The maximum atomic E-state index is 12.6. The zero-order valence-electron chi connectivity index (χ0n) is 14.9. The molecule has 1 heterocycles. The van der Waals surface area contributed by atoms with Crippen molar-refractivity contribution in [3.05, 3.63) is 29.8 Å². The average Bonchev–Trinajstić information content (AvgIpc) is 2.84. The Morgan fingerprint density at radius 3 is 2.76 bits per heavy atom. The minimum atomic E-state index is -0.520. The molecular weight excluding hydrogens is 322 g/mol. The summed E-state index contributed by atoms with van der Waals surface area (Å²) >= 11 is 0. The number of methoxy groups -OCH3 is 1. The fraction of sp³-hybridized carbons (Fsp3) is 0.556. The molecule has 1 aromatic carbocycles. The summed E-state index contributed by atoms with van der Waals surface area (Å²) in [6.45, 7) is 5.03. The van der Waals surface area contributed by atoms with Crippen LogP contribution >= 0.6 is 0 Å². The van der Waals surface area contributed by atoms with Gasteiger partial charge in [0.1, 0.15) is 11.9 Å². The number of amides is 2. The van der Waals surface area contributed by atoms with E-state index in [0.717, 1.165) is 24.3 Å². The lowest BCUT2D eigenvalue weighted by atomic mass is 10.2. The van der Waals surface area contributed by atoms with Crippen LogP contribution in [0, 0.1) is 0 Å². The molecule has 1 aliphatic rings. The Morgan fingerprint density at radius 1 is 1.24 bits per heavy atom. The molecule has 2 amide bonds. The highest BCUT2D eigenvalue weighted by Crippen LogP contribution is 2.14. The number of carbonyl (C=O) groups is 2. The molecule has 2 rings (SSSR count). The summed E-state index contributed by atoms with van der Waals surface area (Å²) in [6.07, 6.45) is 0.302. The Kier molecular flexibility index (Phi) is 7.21. The molecule has 0 radical (unpaired) electrons. The van der Waals surface area contributed by atoms with Crippen LogP contribution in [0.1, 0.15) is 18.9 Å². The molecule has 1 aromatic rings. The fourth-order valence-electron chi connectivity index (χ4n) is 2.88. The lowest BCUT2D eigenvalue weighted by Gasteiger charge is -2.24. The molecule has 0 spiro atoms. The van der Waals surface area contributed by atoms with Crippen LogP contribution in [0.25, 0.3) is 0 Å². The number of rotatable bonds is 7. The third-order valence-electron chi connectivity index (χ3n) is 4.26. The first-order valence-electron chi connectivity index (χ1n) is 8.53. The van der Waals surface area contributed by atoms with Crippen LogP contribution in [-0.4, -0.2) is 67.6 Å². The Morgan fingerprint density at radius 2 is 2.04 bits per heavy atom. The normalized spacial score (nSPS) is 17.0. The van der Waals surface area contributed by atoms with Crippen molar-refractivity contribution < 1.29 is 19.1 Å². The van der Waals surface area contributed by atoms with Crippen LogP contribution in [-0.2, 0) is 20.9 Å². The molecule has 1 saturated heterocycles. The number of ether oxygens (including phenoxy) is 2. The first-order chi connectivity index (χ1) is 12.0. The van der Waals surface area contributed by atoms with Gasteiger partial charge in [0.25, 0.3) is 5.91 Å². The van der Waals surface area contributed by atoms with Gasteiger partial charge in [0, 0.05) is 26.2 Å². The van der Waals surface area contributed by atoms with Crippen molar-refractivity contribution >= 4 is 11.8 Å². The van der Waals surface area contributed by atoms with Crippen molar-refractivity contribution in [3.8, 4) is 5.75 Å². The van der Waals surface area contributed by atoms with E-state index in [1.165, 1.54) is 0 Å². The van der Waals surface area contributed by atoms with E-state index < -0.39 is 6.10 Å². The zero-order chi connectivity index (χ0) is 18.2. The molecule has 25 heavy (non-hydrogen) atoms. The number of nitrogens with two attached hydrogens (primary N) is 1. The highest BCUT2D eigenvalue weighted by molar-refractivity contribution is 5.80. The van der Waals surface area contributed by atoms with Gasteiger partial charge in [0.15, 0.2) is 0 Å². The van der Waals surface area contributed by atoms with Gasteiger partial charge < -0.3 is 20.1 Å². The summed E-state index contributed by atoms with van der Waals surface area (Å²) in [7, 11) is 1.62. The van der Waals surface area contributed by atoms with E-state index in [1.54, 1.807) is 18.9 Å². The van der Waals surface area contributed by atoms with E-state index in [4.69, 9.17) is 15.2 Å².